The molecule has 122 valence electrons. The number of benzene rings is 1. The number of carbonyl (C=O) groups excluding carboxylic acids is 1. The van der Waals surface area contributed by atoms with Crippen LogP contribution in [0.15, 0.2) is 24.3 Å². The van der Waals surface area contributed by atoms with Crippen LogP contribution in [0.4, 0.5) is 10.5 Å². The third-order valence-electron chi connectivity index (χ3n) is 3.83. The summed E-state index contributed by atoms with van der Waals surface area (Å²) in [5, 5.41) is 13.1. The van der Waals surface area contributed by atoms with Crippen LogP contribution in [-0.2, 0) is 0 Å². The van der Waals surface area contributed by atoms with Crippen LogP contribution in [0.5, 0.6) is 0 Å². The SMILES string of the molecule is CC(O)CN(C)C(=O)NC1CCCN(c2ccccc2Cl)C1. The molecular formula is C16H24ClN3O2. The molecule has 2 unspecified atom stereocenters. The Morgan fingerprint density at radius 2 is 2.27 bits per heavy atom. The van der Waals surface area contributed by atoms with Crippen molar-refractivity contribution in [3.8, 4) is 0 Å². The van der Waals surface area contributed by atoms with Crippen LogP contribution in [-0.4, -0.2) is 54.9 Å². The van der Waals surface area contributed by atoms with Gasteiger partial charge >= 0.3 is 6.03 Å². The summed E-state index contributed by atoms with van der Waals surface area (Å²) in [6.45, 7) is 3.69. The van der Waals surface area contributed by atoms with E-state index in [-0.39, 0.29) is 12.1 Å². The first-order valence-corrected chi connectivity index (χ1v) is 8.04. The molecule has 0 spiro atoms. The van der Waals surface area contributed by atoms with Crippen molar-refractivity contribution in [2.45, 2.75) is 31.9 Å². The molecule has 0 saturated carbocycles. The standard InChI is InChI=1S/C16H24ClN3O2/c1-12(21)10-19(2)16(22)18-13-6-5-9-20(11-13)15-8-4-3-7-14(15)17/h3-4,7-8,12-13,21H,5-6,9-11H2,1-2H3,(H,18,22). The topological polar surface area (TPSA) is 55.8 Å². The highest BCUT2D eigenvalue weighted by Crippen LogP contribution is 2.27. The van der Waals surface area contributed by atoms with Gasteiger partial charge in [-0.25, -0.2) is 4.79 Å². The molecule has 1 aliphatic heterocycles. The molecule has 6 heteroatoms. The Morgan fingerprint density at radius 3 is 2.95 bits per heavy atom. The van der Waals surface area contributed by atoms with E-state index in [1.54, 1.807) is 14.0 Å². The number of likely N-dealkylation sites (N-methyl/N-ethyl adjacent to an activating group) is 1. The fourth-order valence-corrected chi connectivity index (χ4v) is 3.04. The van der Waals surface area contributed by atoms with Crippen molar-refractivity contribution in [3.63, 3.8) is 0 Å². The molecule has 1 saturated heterocycles. The Bertz CT molecular complexity index is 510. The molecule has 0 aromatic heterocycles. The number of piperidine rings is 1. The highest BCUT2D eigenvalue weighted by atomic mass is 35.5. The Hall–Kier alpha value is -1.46. The lowest BCUT2D eigenvalue weighted by atomic mass is 10.0. The third kappa shape index (κ3) is 4.52. The lowest BCUT2D eigenvalue weighted by Gasteiger charge is -2.36. The van der Waals surface area contributed by atoms with E-state index in [1.165, 1.54) is 4.90 Å². The highest BCUT2D eigenvalue weighted by molar-refractivity contribution is 6.33. The largest absolute Gasteiger partial charge is 0.392 e. The van der Waals surface area contributed by atoms with Gasteiger partial charge in [0, 0.05) is 32.7 Å². The van der Waals surface area contributed by atoms with Crippen molar-refractivity contribution < 1.29 is 9.90 Å². The molecule has 0 radical (unpaired) electrons. The molecule has 1 fully saturated rings. The van der Waals surface area contributed by atoms with E-state index in [0.29, 0.717) is 6.54 Å². The van der Waals surface area contributed by atoms with E-state index in [1.807, 2.05) is 24.3 Å². The van der Waals surface area contributed by atoms with Crippen molar-refractivity contribution in [3.05, 3.63) is 29.3 Å². The van der Waals surface area contributed by atoms with Crippen LogP contribution in [0.25, 0.3) is 0 Å². The van der Waals surface area contributed by atoms with Crippen molar-refractivity contribution >= 4 is 23.3 Å². The zero-order valence-electron chi connectivity index (χ0n) is 13.1. The fourth-order valence-electron chi connectivity index (χ4n) is 2.79. The molecule has 5 nitrogen and oxygen atoms in total. The van der Waals surface area contributed by atoms with E-state index in [0.717, 1.165) is 36.6 Å². The second-order valence-corrected chi connectivity index (χ2v) is 6.32. The first-order valence-electron chi connectivity index (χ1n) is 7.66. The van der Waals surface area contributed by atoms with Crippen LogP contribution in [0.3, 0.4) is 0 Å². The van der Waals surface area contributed by atoms with Crippen LogP contribution < -0.4 is 10.2 Å². The van der Waals surface area contributed by atoms with Crippen molar-refractivity contribution in [2.75, 3.05) is 31.6 Å². The second kappa shape index (κ2) is 7.70. The van der Waals surface area contributed by atoms with Gasteiger partial charge in [0.15, 0.2) is 0 Å². The van der Waals surface area contributed by atoms with Gasteiger partial charge in [-0.2, -0.15) is 0 Å². The molecule has 22 heavy (non-hydrogen) atoms. The number of anilines is 1. The number of para-hydroxylation sites is 1. The van der Waals surface area contributed by atoms with Crippen molar-refractivity contribution in [1.29, 1.82) is 0 Å². The quantitative estimate of drug-likeness (QED) is 0.893. The number of nitrogens with one attached hydrogen (secondary N) is 1. The third-order valence-corrected chi connectivity index (χ3v) is 4.15. The van der Waals surface area contributed by atoms with Gasteiger partial charge < -0.3 is 20.2 Å². The average molecular weight is 326 g/mol. The van der Waals surface area contributed by atoms with Gasteiger partial charge in [-0.15, -0.1) is 0 Å². The summed E-state index contributed by atoms with van der Waals surface area (Å²) in [6, 6.07) is 7.72. The summed E-state index contributed by atoms with van der Waals surface area (Å²) in [5.41, 5.74) is 1.01. The predicted molar refractivity (Wildman–Crippen MR) is 89.5 cm³/mol. The molecule has 2 N–H and O–H groups in total. The lowest BCUT2D eigenvalue weighted by Crippen LogP contribution is -2.51. The normalized spacial score (nSPS) is 19.6. The summed E-state index contributed by atoms with van der Waals surface area (Å²) in [7, 11) is 1.69. The van der Waals surface area contributed by atoms with Crippen LogP contribution in [0.2, 0.25) is 5.02 Å². The van der Waals surface area contributed by atoms with Gasteiger partial charge in [0.2, 0.25) is 0 Å². The maximum Gasteiger partial charge on any atom is 0.317 e. The van der Waals surface area contributed by atoms with E-state index < -0.39 is 6.10 Å². The van der Waals surface area contributed by atoms with Gasteiger partial charge in [-0.1, -0.05) is 23.7 Å². The number of rotatable bonds is 4. The summed E-state index contributed by atoms with van der Waals surface area (Å²) in [6.07, 6.45) is 1.44. The highest BCUT2D eigenvalue weighted by Gasteiger charge is 2.24. The van der Waals surface area contributed by atoms with E-state index in [4.69, 9.17) is 11.6 Å². The molecule has 0 aliphatic carbocycles. The number of amides is 2. The Balaban J connectivity index is 1.94. The lowest BCUT2D eigenvalue weighted by molar-refractivity contribution is 0.142. The van der Waals surface area contributed by atoms with E-state index in [9.17, 15) is 9.90 Å². The van der Waals surface area contributed by atoms with Crippen molar-refractivity contribution in [1.82, 2.24) is 10.2 Å². The van der Waals surface area contributed by atoms with Gasteiger partial charge in [0.25, 0.3) is 0 Å². The van der Waals surface area contributed by atoms with E-state index in [2.05, 4.69) is 10.2 Å². The zero-order valence-corrected chi connectivity index (χ0v) is 13.9. The molecule has 2 rings (SSSR count). The fraction of sp³-hybridized carbons (Fsp3) is 0.562. The molecule has 2 atom stereocenters. The predicted octanol–water partition coefficient (Wildman–Crippen LogP) is 2.33. The minimum Gasteiger partial charge on any atom is -0.392 e. The van der Waals surface area contributed by atoms with Crippen LogP contribution >= 0.6 is 11.6 Å². The number of halogens is 1. The summed E-state index contributed by atoms with van der Waals surface area (Å²) < 4.78 is 0. The number of hydrogen-bond donors (Lipinski definition) is 2. The number of carbonyl (C=O) groups is 1. The van der Waals surface area contributed by atoms with Gasteiger partial charge in [0.1, 0.15) is 0 Å². The zero-order chi connectivity index (χ0) is 16.1. The van der Waals surface area contributed by atoms with Crippen LogP contribution in [0, 0.1) is 0 Å². The summed E-state index contributed by atoms with van der Waals surface area (Å²) >= 11 is 6.25. The second-order valence-electron chi connectivity index (χ2n) is 5.92. The Labute approximate surface area is 136 Å². The van der Waals surface area contributed by atoms with Crippen LogP contribution in [0.1, 0.15) is 19.8 Å². The van der Waals surface area contributed by atoms with Gasteiger partial charge in [-0.05, 0) is 31.9 Å². The molecular weight excluding hydrogens is 302 g/mol. The van der Waals surface area contributed by atoms with Gasteiger partial charge in [0.05, 0.1) is 16.8 Å². The number of hydrogen-bond acceptors (Lipinski definition) is 3. The number of aliphatic hydroxyl groups is 1. The number of urea groups is 1. The minimum absolute atomic E-state index is 0.0916. The molecule has 1 aromatic rings. The molecule has 1 aliphatic rings. The molecule has 1 aromatic carbocycles. The van der Waals surface area contributed by atoms with Crippen molar-refractivity contribution in [2.24, 2.45) is 0 Å². The average Bonchev–Trinajstić information content (AvgIpc) is 2.47. The monoisotopic (exact) mass is 325 g/mol. The summed E-state index contributed by atoms with van der Waals surface area (Å²) in [5.74, 6) is 0. The smallest absolute Gasteiger partial charge is 0.317 e. The molecule has 0 bridgehead atoms. The van der Waals surface area contributed by atoms with Gasteiger partial charge in [-0.3, -0.25) is 0 Å². The first-order chi connectivity index (χ1) is 10.5. The molecule has 1 heterocycles. The maximum absolute atomic E-state index is 12.1. The number of nitrogens with zero attached hydrogens (tertiary/aromatic N) is 2. The minimum atomic E-state index is -0.526. The number of aliphatic hydroxyl groups excluding tert-OH is 1. The maximum atomic E-state index is 12.1. The summed E-state index contributed by atoms with van der Waals surface area (Å²) in [4.78, 5) is 15.8. The molecule has 2 amide bonds. The Kier molecular flexibility index (Phi) is 5.91. The Morgan fingerprint density at radius 1 is 1.55 bits per heavy atom. The first kappa shape index (κ1) is 16.9. The van der Waals surface area contributed by atoms with E-state index >= 15 is 0 Å².